The number of hydrogen-bond donors (Lipinski definition) is 2. The monoisotopic (exact) mass is 223 g/mol. The van der Waals surface area contributed by atoms with Crippen molar-refractivity contribution in [2.45, 2.75) is 13.0 Å². The molecule has 0 aromatic carbocycles. The van der Waals surface area contributed by atoms with Gasteiger partial charge in [-0.05, 0) is 6.92 Å². The van der Waals surface area contributed by atoms with Crippen molar-refractivity contribution in [1.29, 1.82) is 0 Å². The van der Waals surface area contributed by atoms with Gasteiger partial charge >= 0.3 is 0 Å². The van der Waals surface area contributed by atoms with Crippen molar-refractivity contribution in [2.24, 2.45) is 12.8 Å². The molecule has 7 heteroatoms. The van der Waals surface area contributed by atoms with Crippen molar-refractivity contribution in [3.05, 3.63) is 17.7 Å². The highest BCUT2D eigenvalue weighted by Gasteiger charge is 2.17. The molecular weight excluding hydrogens is 210 g/mol. The van der Waals surface area contributed by atoms with Crippen LogP contribution in [0, 0.1) is 6.92 Å². The molecule has 0 amide bonds. The molecule has 1 atom stereocenters. The molecular formula is C9H13N5O2. The summed E-state index contributed by atoms with van der Waals surface area (Å²) in [4.78, 5) is 4.11. The van der Waals surface area contributed by atoms with Gasteiger partial charge in [-0.3, -0.25) is 4.68 Å². The quantitative estimate of drug-likeness (QED) is 0.745. The number of aromatic nitrogens is 4. The van der Waals surface area contributed by atoms with Gasteiger partial charge < -0.3 is 15.4 Å². The Balaban J connectivity index is 2.35. The van der Waals surface area contributed by atoms with Crippen LogP contribution in [-0.2, 0) is 7.05 Å². The molecule has 0 saturated heterocycles. The second kappa shape index (κ2) is 4.03. The van der Waals surface area contributed by atoms with E-state index in [9.17, 15) is 0 Å². The topological polar surface area (TPSA) is 103 Å². The van der Waals surface area contributed by atoms with Crippen LogP contribution < -0.4 is 5.73 Å². The number of nitrogens with two attached hydrogens (primary N) is 1. The van der Waals surface area contributed by atoms with Gasteiger partial charge in [0.2, 0.25) is 0 Å². The van der Waals surface area contributed by atoms with Gasteiger partial charge in [-0.2, -0.15) is 10.1 Å². The van der Waals surface area contributed by atoms with E-state index in [0.717, 1.165) is 11.3 Å². The predicted octanol–water partition coefficient (Wildman–Crippen LogP) is -0.229. The standard InChI is InChI=1S/C9H13N5O2/c1-5-6(3-14(2)12-5)9-11-8(13-16-9)7(10)4-15/h3,7,15H,4,10H2,1-2H3. The number of hydrogen-bond acceptors (Lipinski definition) is 6. The van der Waals surface area contributed by atoms with Crippen molar-refractivity contribution in [3.63, 3.8) is 0 Å². The first-order valence-electron chi connectivity index (χ1n) is 4.82. The van der Waals surface area contributed by atoms with E-state index >= 15 is 0 Å². The SMILES string of the molecule is Cc1nn(C)cc1-c1nc(C(N)CO)no1. The number of aliphatic hydroxyl groups is 1. The van der Waals surface area contributed by atoms with Crippen LogP contribution in [0.1, 0.15) is 17.6 Å². The van der Waals surface area contributed by atoms with Gasteiger partial charge in [0.1, 0.15) is 0 Å². The first-order valence-corrected chi connectivity index (χ1v) is 4.82. The Kier molecular flexibility index (Phi) is 2.71. The molecule has 16 heavy (non-hydrogen) atoms. The van der Waals surface area contributed by atoms with E-state index in [-0.39, 0.29) is 6.61 Å². The smallest absolute Gasteiger partial charge is 0.261 e. The first-order chi connectivity index (χ1) is 7.61. The lowest BCUT2D eigenvalue weighted by atomic mass is 10.2. The van der Waals surface area contributed by atoms with Crippen molar-refractivity contribution in [2.75, 3.05) is 6.61 Å². The molecule has 0 bridgehead atoms. The minimum Gasteiger partial charge on any atom is -0.394 e. The normalized spacial score (nSPS) is 13.0. The molecule has 0 radical (unpaired) electrons. The van der Waals surface area contributed by atoms with Crippen LogP contribution in [-0.4, -0.2) is 31.6 Å². The number of nitrogens with zero attached hydrogens (tertiary/aromatic N) is 4. The van der Waals surface area contributed by atoms with Gasteiger partial charge in [-0.25, -0.2) is 0 Å². The maximum atomic E-state index is 8.86. The van der Waals surface area contributed by atoms with Crippen LogP contribution in [0.5, 0.6) is 0 Å². The highest BCUT2D eigenvalue weighted by atomic mass is 16.5. The summed E-state index contributed by atoms with van der Waals surface area (Å²) in [5, 5.41) is 16.7. The second-order valence-corrected chi connectivity index (χ2v) is 3.55. The minimum absolute atomic E-state index is 0.217. The molecule has 7 nitrogen and oxygen atoms in total. The summed E-state index contributed by atoms with van der Waals surface area (Å²) in [7, 11) is 1.81. The Morgan fingerprint density at radius 2 is 2.38 bits per heavy atom. The largest absolute Gasteiger partial charge is 0.394 e. The van der Waals surface area contributed by atoms with Crippen LogP contribution in [0.2, 0.25) is 0 Å². The Labute approximate surface area is 91.9 Å². The molecule has 3 N–H and O–H groups in total. The molecule has 2 aromatic rings. The van der Waals surface area contributed by atoms with Gasteiger partial charge in [0.05, 0.1) is 23.9 Å². The molecule has 86 valence electrons. The average molecular weight is 223 g/mol. The van der Waals surface area contributed by atoms with Crippen molar-refractivity contribution in [1.82, 2.24) is 19.9 Å². The summed E-state index contributed by atoms with van der Waals surface area (Å²) in [5.41, 5.74) is 7.14. The molecule has 1 unspecified atom stereocenters. The summed E-state index contributed by atoms with van der Waals surface area (Å²) in [5.74, 6) is 0.658. The van der Waals surface area contributed by atoms with E-state index in [1.807, 2.05) is 14.0 Å². The number of rotatable bonds is 3. The summed E-state index contributed by atoms with van der Waals surface area (Å²) < 4.78 is 6.73. The maximum Gasteiger partial charge on any atom is 0.261 e. The zero-order valence-corrected chi connectivity index (χ0v) is 9.08. The van der Waals surface area contributed by atoms with E-state index in [4.69, 9.17) is 15.4 Å². The van der Waals surface area contributed by atoms with Crippen molar-refractivity contribution >= 4 is 0 Å². The van der Waals surface area contributed by atoms with Crippen molar-refractivity contribution < 1.29 is 9.63 Å². The zero-order chi connectivity index (χ0) is 11.7. The summed E-state index contributed by atoms with van der Waals surface area (Å²) in [6.45, 7) is 1.64. The van der Waals surface area contributed by atoms with Crippen LogP contribution in [0.4, 0.5) is 0 Å². The van der Waals surface area contributed by atoms with Gasteiger partial charge in [0.25, 0.3) is 5.89 Å². The Hall–Kier alpha value is -1.73. The lowest BCUT2D eigenvalue weighted by molar-refractivity contribution is 0.260. The van der Waals surface area contributed by atoms with E-state index in [2.05, 4.69) is 15.2 Å². The molecule has 0 aliphatic carbocycles. The van der Waals surface area contributed by atoms with Gasteiger partial charge in [-0.15, -0.1) is 0 Å². The highest BCUT2D eigenvalue weighted by Crippen LogP contribution is 2.21. The fourth-order valence-electron chi connectivity index (χ4n) is 1.39. The fourth-order valence-corrected chi connectivity index (χ4v) is 1.39. The van der Waals surface area contributed by atoms with Gasteiger partial charge in [0.15, 0.2) is 5.82 Å². The second-order valence-electron chi connectivity index (χ2n) is 3.55. The third-order valence-electron chi connectivity index (χ3n) is 2.21. The minimum atomic E-state index is -0.616. The average Bonchev–Trinajstić information content (AvgIpc) is 2.83. The highest BCUT2D eigenvalue weighted by molar-refractivity contribution is 5.54. The first kappa shape index (κ1) is 10.8. The van der Waals surface area contributed by atoms with E-state index in [1.165, 1.54) is 0 Å². The molecule has 0 fully saturated rings. The molecule has 0 aliphatic rings. The van der Waals surface area contributed by atoms with Gasteiger partial charge in [-0.1, -0.05) is 5.16 Å². The lowest BCUT2D eigenvalue weighted by Gasteiger charge is -1.98. The number of aliphatic hydroxyl groups excluding tert-OH is 1. The lowest BCUT2D eigenvalue weighted by Crippen LogP contribution is -2.15. The van der Waals surface area contributed by atoms with Crippen LogP contribution >= 0.6 is 0 Å². The van der Waals surface area contributed by atoms with Crippen molar-refractivity contribution in [3.8, 4) is 11.5 Å². The van der Waals surface area contributed by atoms with Crippen LogP contribution in [0.3, 0.4) is 0 Å². The van der Waals surface area contributed by atoms with Crippen LogP contribution in [0.25, 0.3) is 11.5 Å². The summed E-state index contributed by atoms with van der Waals surface area (Å²) in [6.07, 6.45) is 1.79. The molecule has 0 saturated carbocycles. The third kappa shape index (κ3) is 1.82. The molecule has 0 spiro atoms. The summed E-state index contributed by atoms with van der Waals surface area (Å²) >= 11 is 0. The van der Waals surface area contributed by atoms with Gasteiger partial charge in [0, 0.05) is 13.2 Å². The zero-order valence-electron chi connectivity index (χ0n) is 9.08. The molecule has 0 aliphatic heterocycles. The Bertz CT molecular complexity index is 490. The fraction of sp³-hybridized carbons (Fsp3) is 0.444. The predicted molar refractivity (Wildman–Crippen MR) is 55.3 cm³/mol. The maximum absolute atomic E-state index is 8.86. The van der Waals surface area contributed by atoms with E-state index < -0.39 is 6.04 Å². The Morgan fingerprint density at radius 1 is 1.62 bits per heavy atom. The molecule has 2 aromatic heterocycles. The third-order valence-corrected chi connectivity index (χ3v) is 2.21. The summed E-state index contributed by atoms with van der Waals surface area (Å²) in [6, 6.07) is -0.616. The molecule has 2 rings (SSSR count). The number of aryl methyl sites for hydroxylation is 2. The van der Waals surface area contributed by atoms with Crippen LogP contribution in [0.15, 0.2) is 10.7 Å². The Morgan fingerprint density at radius 3 is 2.94 bits per heavy atom. The van der Waals surface area contributed by atoms with E-state index in [1.54, 1.807) is 10.9 Å². The molecule has 2 heterocycles. The van der Waals surface area contributed by atoms with E-state index in [0.29, 0.717) is 11.7 Å².